The fourth-order valence-corrected chi connectivity index (χ4v) is 4.31. The molecule has 2 atom stereocenters. The van der Waals surface area contributed by atoms with Crippen LogP contribution in [0.2, 0.25) is 0 Å². The van der Waals surface area contributed by atoms with E-state index in [4.69, 9.17) is 0 Å². The number of amides is 2. The van der Waals surface area contributed by atoms with Crippen LogP contribution in [0.15, 0.2) is 78.7 Å². The number of allylic oxidation sites excluding steroid dienone is 2. The van der Waals surface area contributed by atoms with Crippen LogP contribution in [-0.2, 0) is 4.79 Å². The van der Waals surface area contributed by atoms with Gasteiger partial charge in [0.1, 0.15) is 0 Å². The van der Waals surface area contributed by atoms with Gasteiger partial charge in [-0.3, -0.25) is 19.5 Å². The van der Waals surface area contributed by atoms with Gasteiger partial charge < -0.3 is 10.2 Å². The Balaban J connectivity index is 1.94. The predicted octanol–water partition coefficient (Wildman–Crippen LogP) is 4.15. The summed E-state index contributed by atoms with van der Waals surface area (Å²) >= 11 is 0. The van der Waals surface area contributed by atoms with Crippen LogP contribution >= 0.6 is 0 Å². The van der Waals surface area contributed by atoms with Crippen LogP contribution in [0.3, 0.4) is 0 Å². The van der Waals surface area contributed by atoms with E-state index < -0.39 is 18.1 Å². The first-order chi connectivity index (χ1) is 16.8. The number of nitrogens with zero attached hydrogens (tertiary/aromatic N) is 3. The maximum absolute atomic E-state index is 13.1. The van der Waals surface area contributed by atoms with E-state index in [1.165, 1.54) is 6.20 Å². The zero-order chi connectivity index (χ0) is 25.4. The van der Waals surface area contributed by atoms with Gasteiger partial charge in [0.2, 0.25) is 0 Å². The number of pyridine rings is 1. The molecule has 0 saturated carbocycles. The number of carbonyl (C=O) groups is 2. The number of alkyl halides is 3. The molecular weight excluding hydrogens is 457 g/mol. The topological polar surface area (TPSA) is 65.5 Å². The summed E-state index contributed by atoms with van der Waals surface area (Å²) in [7, 11) is 0. The molecule has 1 aromatic carbocycles. The summed E-state index contributed by atoms with van der Waals surface area (Å²) in [6.07, 6.45) is 3.89. The molecule has 2 aromatic rings. The van der Waals surface area contributed by atoms with Crippen molar-refractivity contribution in [2.45, 2.75) is 32.1 Å². The van der Waals surface area contributed by atoms with E-state index in [2.05, 4.69) is 9.88 Å². The van der Waals surface area contributed by atoms with E-state index in [-0.39, 0.29) is 25.0 Å². The zero-order valence-corrected chi connectivity index (χ0v) is 19.7. The Hall–Kier alpha value is -3.46. The molecule has 186 valence electrons. The monoisotopic (exact) mass is 486 g/mol. The lowest BCUT2D eigenvalue weighted by molar-refractivity contribution is -0.173. The molecule has 1 aliphatic heterocycles. The van der Waals surface area contributed by atoms with Crippen molar-refractivity contribution >= 4 is 11.8 Å². The standard InChI is InChI=1S/C26H29F3N4O2/c1-3-9-19(4-2)23(20-10-6-5-7-11-20)33-15-14-32(24(34)21-12-8-13-30-16-21)18-22(33)17-31-25(35)26(27,28)29/h3-13,16,22-23H,14-15,17-18H2,1-2H3,(H,31,35)/b9-3-,19-4+. The van der Waals surface area contributed by atoms with Crippen molar-refractivity contribution in [3.63, 3.8) is 0 Å². The number of nitrogens with one attached hydrogen (secondary N) is 1. The molecule has 0 radical (unpaired) electrons. The second-order valence-electron chi connectivity index (χ2n) is 8.19. The van der Waals surface area contributed by atoms with Crippen molar-refractivity contribution in [3.05, 3.63) is 89.8 Å². The molecule has 9 heteroatoms. The molecular formula is C26H29F3N4O2. The molecule has 1 saturated heterocycles. The quantitative estimate of drug-likeness (QED) is 0.598. The van der Waals surface area contributed by atoms with Crippen LogP contribution < -0.4 is 5.32 Å². The lowest BCUT2D eigenvalue weighted by Crippen LogP contribution is -2.59. The van der Waals surface area contributed by atoms with Gasteiger partial charge >= 0.3 is 12.1 Å². The van der Waals surface area contributed by atoms with Gasteiger partial charge in [-0.25, -0.2) is 0 Å². The first kappa shape index (κ1) is 26.2. The van der Waals surface area contributed by atoms with E-state index >= 15 is 0 Å². The fourth-order valence-electron chi connectivity index (χ4n) is 4.31. The number of benzene rings is 1. The number of carbonyl (C=O) groups excluding carboxylic acids is 2. The molecule has 2 amide bonds. The Bertz CT molecular complexity index is 1060. The molecule has 1 N–H and O–H groups in total. The molecule has 1 aliphatic rings. The largest absolute Gasteiger partial charge is 0.471 e. The Morgan fingerprint density at radius 3 is 2.49 bits per heavy atom. The highest BCUT2D eigenvalue weighted by Crippen LogP contribution is 2.33. The van der Waals surface area contributed by atoms with Crippen molar-refractivity contribution in [3.8, 4) is 0 Å². The normalized spacial score (nSPS) is 18.5. The van der Waals surface area contributed by atoms with E-state index in [9.17, 15) is 22.8 Å². The number of hydrogen-bond donors (Lipinski definition) is 1. The van der Waals surface area contributed by atoms with E-state index in [0.717, 1.165) is 11.1 Å². The second kappa shape index (κ2) is 11.8. The highest BCUT2D eigenvalue weighted by atomic mass is 19.4. The minimum Gasteiger partial charge on any atom is -0.347 e. The molecule has 0 bridgehead atoms. The number of halogens is 3. The van der Waals surface area contributed by atoms with E-state index in [1.807, 2.05) is 67.7 Å². The van der Waals surface area contributed by atoms with Gasteiger partial charge in [0.25, 0.3) is 5.91 Å². The Morgan fingerprint density at radius 1 is 1.14 bits per heavy atom. The van der Waals surface area contributed by atoms with Gasteiger partial charge in [0, 0.05) is 44.6 Å². The molecule has 3 rings (SSSR count). The highest BCUT2D eigenvalue weighted by Gasteiger charge is 2.41. The van der Waals surface area contributed by atoms with Gasteiger partial charge in [0.05, 0.1) is 11.6 Å². The minimum absolute atomic E-state index is 0.155. The third-order valence-corrected chi connectivity index (χ3v) is 5.93. The molecule has 6 nitrogen and oxygen atoms in total. The number of aromatic nitrogens is 1. The summed E-state index contributed by atoms with van der Waals surface area (Å²) in [6, 6.07) is 12.2. The fraction of sp³-hybridized carbons (Fsp3) is 0.346. The molecule has 1 aromatic heterocycles. The molecule has 2 heterocycles. The Morgan fingerprint density at radius 2 is 1.89 bits per heavy atom. The maximum Gasteiger partial charge on any atom is 0.471 e. The third kappa shape index (κ3) is 6.57. The summed E-state index contributed by atoms with van der Waals surface area (Å²) in [5.74, 6) is -2.25. The van der Waals surface area contributed by atoms with Crippen LogP contribution in [0.1, 0.15) is 35.8 Å². The number of hydrogen-bond acceptors (Lipinski definition) is 4. The smallest absolute Gasteiger partial charge is 0.347 e. The van der Waals surface area contributed by atoms with Crippen LogP contribution in [-0.4, -0.2) is 65.0 Å². The van der Waals surface area contributed by atoms with Crippen molar-refractivity contribution < 1.29 is 22.8 Å². The van der Waals surface area contributed by atoms with E-state index in [0.29, 0.717) is 18.7 Å². The van der Waals surface area contributed by atoms with Crippen molar-refractivity contribution in [1.82, 2.24) is 20.1 Å². The van der Waals surface area contributed by atoms with Gasteiger partial charge in [-0.1, -0.05) is 48.6 Å². The first-order valence-electron chi connectivity index (χ1n) is 11.4. The van der Waals surface area contributed by atoms with Gasteiger partial charge in [-0.05, 0) is 37.1 Å². The summed E-state index contributed by atoms with van der Waals surface area (Å²) in [5, 5.41) is 2.02. The molecule has 0 spiro atoms. The summed E-state index contributed by atoms with van der Waals surface area (Å²) in [6.45, 7) is 4.50. The van der Waals surface area contributed by atoms with Crippen molar-refractivity contribution in [2.75, 3.05) is 26.2 Å². The third-order valence-electron chi connectivity index (χ3n) is 5.93. The summed E-state index contributed by atoms with van der Waals surface area (Å²) < 4.78 is 38.8. The minimum atomic E-state index is -4.98. The number of rotatable bonds is 7. The average molecular weight is 487 g/mol. The van der Waals surface area contributed by atoms with Gasteiger partial charge in [0.15, 0.2) is 0 Å². The second-order valence-corrected chi connectivity index (χ2v) is 8.19. The molecule has 0 aliphatic carbocycles. The van der Waals surface area contributed by atoms with Crippen LogP contribution in [0.4, 0.5) is 13.2 Å². The zero-order valence-electron chi connectivity index (χ0n) is 19.7. The average Bonchev–Trinajstić information content (AvgIpc) is 2.87. The lowest BCUT2D eigenvalue weighted by atomic mass is 9.93. The predicted molar refractivity (Wildman–Crippen MR) is 127 cm³/mol. The van der Waals surface area contributed by atoms with Crippen molar-refractivity contribution in [1.29, 1.82) is 0 Å². The first-order valence-corrected chi connectivity index (χ1v) is 11.4. The summed E-state index contributed by atoms with van der Waals surface area (Å²) in [4.78, 5) is 32.3. The Labute approximate surface area is 203 Å². The highest BCUT2D eigenvalue weighted by molar-refractivity contribution is 5.94. The maximum atomic E-state index is 13.1. The SMILES string of the molecule is C/C=C\C(=C/C)C(c1ccccc1)N1CCN(C(=O)c2cccnc2)CC1CNC(=O)C(F)(F)F. The van der Waals surface area contributed by atoms with Gasteiger partial charge in [-0.15, -0.1) is 0 Å². The molecule has 2 unspecified atom stereocenters. The van der Waals surface area contributed by atoms with Crippen LogP contribution in [0.5, 0.6) is 0 Å². The van der Waals surface area contributed by atoms with Crippen molar-refractivity contribution in [2.24, 2.45) is 0 Å². The summed E-state index contributed by atoms with van der Waals surface area (Å²) in [5.41, 5.74) is 2.34. The van der Waals surface area contributed by atoms with Gasteiger partial charge in [-0.2, -0.15) is 13.2 Å². The van der Waals surface area contributed by atoms with Crippen LogP contribution in [0.25, 0.3) is 0 Å². The Kier molecular flexibility index (Phi) is 8.81. The lowest BCUT2D eigenvalue weighted by Gasteiger charge is -2.46. The van der Waals surface area contributed by atoms with E-state index in [1.54, 1.807) is 23.2 Å². The van der Waals surface area contributed by atoms with Crippen LogP contribution in [0, 0.1) is 0 Å². The molecule has 1 fully saturated rings. The molecule has 35 heavy (non-hydrogen) atoms. The number of piperazine rings is 1.